The second-order valence-corrected chi connectivity index (χ2v) is 7.47. The van der Waals surface area contributed by atoms with Crippen molar-refractivity contribution in [3.8, 4) is 0 Å². The normalized spacial score (nSPS) is 25.4. The summed E-state index contributed by atoms with van der Waals surface area (Å²) in [7, 11) is 0. The van der Waals surface area contributed by atoms with E-state index >= 15 is 0 Å². The quantitative estimate of drug-likeness (QED) is 0.736. The maximum Gasteiger partial charge on any atom is 0.309 e. The predicted octanol–water partition coefficient (Wildman–Crippen LogP) is 4.47. The second kappa shape index (κ2) is 8.90. The summed E-state index contributed by atoms with van der Waals surface area (Å²) in [6, 6.07) is 0. The molecule has 22 heavy (non-hydrogen) atoms. The molecule has 2 fully saturated rings. The molecule has 0 amide bonds. The maximum absolute atomic E-state index is 12.6. The molecule has 2 rings (SSSR count). The first-order chi connectivity index (χ1) is 10.6. The Balaban J connectivity index is 2.00. The molecule has 0 radical (unpaired) electrons. The lowest BCUT2D eigenvalue weighted by Gasteiger charge is -2.36. The molecule has 0 spiro atoms. The van der Waals surface area contributed by atoms with Crippen molar-refractivity contribution in [3.05, 3.63) is 0 Å². The summed E-state index contributed by atoms with van der Waals surface area (Å²) in [6.45, 7) is 4.06. The molecule has 0 saturated heterocycles. The number of aliphatic hydroxyl groups is 1. The average Bonchev–Trinajstić information content (AvgIpc) is 2.59. The summed E-state index contributed by atoms with van der Waals surface area (Å²) < 4.78 is 6.02. The molecule has 3 heteroatoms. The Morgan fingerprint density at radius 1 is 1.05 bits per heavy atom. The summed E-state index contributed by atoms with van der Waals surface area (Å²) in [5.41, 5.74) is 0. The lowest BCUT2D eigenvalue weighted by Crippen LogP contribution is -2.40. The van der Waals surface area contributed by atoms with Crippen molar-refractivity contribution in [2.24, 2.45) is 17.8 Å². The van der Waals surface area contributed by atoms with Gasteiger partial charge < -0.3 is 9.84 Å². The standard InChI is InChI=1S/C19H34O3/c1-3-17(20)14(2)18(15-10-6-4-7-11-15)22-19(21)16-12-8-5-9-13-16/h14-18,20H,3-13H2,1-2H3/t14-,17+,18-/m0/s1. The predicted molar refractivity (Wildman–Crippen MR) is 88.5 cm³/mol. The monoisotopic (exact) mass is 310 g/mol. The topological polar surface area (TPSA) is 46.5 Å². The van der Waals surface area contributed by atoms with Crippen molar-refractivity contribution in [1.29, 1.82) is 0 Å². The molecule has 3 atom stereocenters. The highest BCUT2D eigenvalue weighted by molar-refractivity contribution is 5.72. The van der Waals surface area contributed by atoms with Crippen LogP contribution < -0.4 is 0 Å². The Hall–Kier alpha value is -0.570. The van der Waals surface area contributed by atoms with Crippen LogP contribution >= 0.6 is 0 Å². The number of aliphatic hydroxyl groups excluding tert-OH is 1. The minimum atomic E-state index is -0.369. The van der Waals surface area contributed by atoms with Crippen molar-refractivity contribution in [3.63, 3.8) is 0 Å². The highest BCUT2D eigenvalue weighted by Crippen LogP contribution is 2.34. The molecule has 0 aromatic rings. The first-order valence-electron chi connectivity index (χ1n) is 9.52. The van der Waals surface area contributed by atoms with Gasteiger partial charge in [-0.3, -0.25) is 4.79 Å². The fourth-order valence-electron chi connectivity index (χ4n) is 4.25. The molecule has 3 nitrogen and oxygen atoms in total. The molecule has 0 bridgehead atoms. The zero-order valence-electron chi connectivity index (χ0n) is 14.4. The van der Waals surface area contributed by atoms with Crippen LogP contribution in [-0.2, 0) is 9.53 Å². The molecule has 0 unspecified atom stereocenters. The summed E-state index contributed by atoms with van der Waals surface area (Å²) in [5, 5.41) is 10.3. The van der Waals surface area contributed by atoms with Crippen molar-refractivity contribution >= 4 is 5.97 Å². The van der Waals surface area contributed by atoms with Gasteiger partial charge in [0.2, 0.25) is 0 Å². The number of hydrogen-bond donors (Lipinski definition) is 1. The lowest BCUT2D eigenvalue weighted by atomic mass is 9.78. The van der Waals surface area contributed by atoms with Crippen LogP contribution in [0.25, 0.3) is 0 Å². The summed E-state index contributed by atoms with van der Waals surface area (Å²) in [5.74, 6) is 0.592. The van der Waals surface area contributed by atoms with Crippen LogP contribution in [0.5, 0.6) is 0 Å². The molecular weight excluding hydrogens is 276 g/mol. The van der Waals surface area contributed by atoms with E-state index in [4.69, 9.17) is 4.74 Å². The lowest BCUT2D eigenvalue weighted by molar-refractivity contribution is -0.165. The second-order valence-electron chi connectivity index (χ2n) is 7.47. The van der Waals surface area contributed by atoms with E-state index in [1.54, 1.807) is 0 Å². The van der Waals surface area contributed by atoms with E-state index in [1.807, 2.05) is 6.92 Å². The third-order valence-electron chi connectivity index (χ3n) is 5.85. The largest absolute Gasteiger partial charge is 0.461 e. The number of esters is 1. The van der Waals surface area contributed by atoms with Gasteiger partial charge in [-0.05, 0) is 38.0 Å². The van der Waals surface area contributed by atoms with Crippen LogP contribution in [0, 0.1) is 17.8 Å². The Bertz CT molecular complexity index is 328. The van der Waals surface area contributed by atoms with Crippen molar-refractivity contribution in [2.45, 2.75) is 96.7 Å². The first kappa shape index (κ1) is 17.8. The van der Waals surface area contributed by atoms with E-state index in [0.29, 0.717) is 5.92 Å². The third-order valence-corrected chi connectivity index (χ3v) is 5.85. The van der Waals surface area contributed by atoms with E-state index < -0.39 is 0 Å². The Kier molecular flexibility index (Phi) is 7.20. The van der Waals surface area contributed by atoms with Crippen molar-refractivity contribution < 1.29 is 14.6 Å². The Labute approximate surface area is 135 Å². The Morgan fingerprint density at radius 2 is 1.59 bits per heavy atom. The number of carbonyl (C=O) groups is 1. The minimum Gasteiger partial charge on any atom is -0.461 e. The van der Waals surface area contributed by atoms with Gasteiger partial charge in [0.25, 0.3) is 0 Å². The van der Waals surface area contributed by atoms with Gasteiger partial charge in [-0.25, -0.2) is 0 Å². The number of hydrogen-bond acceptors (Lipinski definition) is 3. The zero-order valence-corrected chi connectivity index (χ0v) is 14.4. The van der Waals surface area contributed by atoms with Gasteiger partial charge in [0.1, 0.15) is 6.10 Å². The molecule has 1 N–H and O–H groups in total. The molecule has 0 aliphatic heterocycles. The molecule has 2 aliphatic rings. The van der Waals surface area contributed by atoms with Crippen molar-refractivity contribution in [2.75, 3.05) is 0 Å². The van der Waals surface area contributed by atoms with Crippen LogP contribution in [0.2, 0.25) is 0 Å². The summed E-state index contributed by atoms with van der Waals surface area (Å²) in [6.07, 6.45) is 11.8. The smallest absolute Gasteiger partial charge is 0.309 e. The highest BCUT2D eigenvalue weighted by Gasteiger charge is 2.36. The van der Waals surface area contributed by atoms with Gasteiger partial charge in [-0.1, -0.05) is 52.4 Å². The fraction of sp³-hybridized carbons (Fsp3) is 0.947. The number of carbonyl (C=O) groups excluding carboxylic acids is 1. The van der Waals surface area contributed by atoms with Crippen LogP contribution in [0.15, 0.2) is 0 Å². The average molecular weight is 310 g/mol. The SMILES string of the molecule is CC[C@@H](O)[C@H](C)[C@H](OC(=O)C1CCCCC1)C1CCCCC1. The first-order valence-corrected chi connectivity index (χ1v) is 9.52. The van der Waals surface area contributed by atoms with Crippen LogP contribution in [0.4, 0.5) is 0 Å². The van der Waals surface area contributed by atoms with Gasteiger partial charge in [-0.2, -0.15) is 0 Å². The van der Waals surface area contributed by atoms with E-state index in [-0.39, 0.29) is 30.0 Å². The van der Waals surface area contributed by atoms with Crippen molar-refractivity contribution in [1.82, 2.24) is 0 Å². The molecule has 0 heterocycles. The van der Waals surface area contributed by atoms with Crippen LogP contribution in [-0.4, -0.2) is 23.3 Å². The third kappa shape index (κ3) is 4.71. The molecule has 2 saturated carbocycles. The van der Waals surface area contributed by atoms with Gasteiger partial charge in [-0.15, -0.1) is 0 Å². The van der Waals surface area contributed by atoms with Crippen LogP contribution in [0.3, 0.4) is 0 Å². The Morgan fingerprint density at radius 3 is 2.14 bits per heavy atom. The molecular formula is C19H34O3. The van der Waals surface area contributed by atoms with Gasteiger partial charge in [0.05, 0.1) is 12.0 Å². The summed E-state index contributed by atoms with van der Waals surface area (Å²) >= 11 is 0. The maximum atomic E-state index is 12.6. The molecule has 128 valence electrons. The fourth-order valence-corrected chi connectivity index (χ4v) is 4.25. The number of rotatable bonds is 6. The molecule has 2 aliphatic carbocycles. The minimum absolute atomic E-state index is 0.00502. The summed E-state index contributed by atoms with van der Waals surface area (Å²) in [4.78, 5) is 12.6. The van der Waals surface area contributed by atoms with E-state index in [1.165, 1.54) is 25.7 Å². The van der Waals surface area contributed by atoms with Gasteiger partial charge >= 0.3 is 5.97 Å². The van der Waals surface area contributed by atoms with Crippen LogP contribution in [0.1, 0.15) is 84.5 Å². The highest BCUT2D eigenvalue weighted by atomic mass is 16.5. The number of ether oxygens (including phenoxy) is 1. The molecule has 0 aromatic carbocycles. The van der Waals surface area contributed by atoms with E-state index in [9.17, 15) is 9.90 Å². The van der Waals surface area contributed by atoms with Gasteiger partial charge in [0.15, 0.2) is 0 Å². The van der Waals surface area contributed by atoms with E-state index in [2.05, 4.69) is 6.92 Å². The molecule has 0 aromatic heterocycles. The van der Waals surface area contributed by atoms with Gasteiger partial charge in [0, 0.05) is 5.92 Å². The van der Waals surface area contributed by atoms with E-state index in [0.717, 1.165) is 44.9 Å². The zero-order chi connectivity index (χ0) is 15.9.